The first-order valence-corrected chi connectivity index (χ1v) is 5.43. The van der Waals surface area contributed by atoms with Crippen molar-refractivity contribution in [3.63, 3.8) is 0 Å². The van der Waals surface area contributed by atoms with Gasteiger partial charge in [0.25, 0.3) is 0 Å². The standard InChI is InChI=1S/C12H16N2O2/c1-3-14-7-10(6-13-14)5-12(15)11-4-9(2)16-8-11/h4,6-8,12,15H,3,5H2,1-2H3. The van der Waals surface area contributed by atoms with Crippen LogP contribution in [0.2, 0.25) is 0 Å². The van der Waals surface area contributed by atoms with E-state index in [-0.39, 0.29) is 0 Å². The van der Waals surface area contributed by atoms with Crippen LogP contribution < -0.4 is 0 Å². The second-order valence-electron chi connectivity index (χ2n) is 3.91. The summed E-state index contributed by atoms with van der Waals surface area (Å²) in [5, 5.41) is 14.1. The molecule has 2 rings (SSSR count). The molecule has 0 aliphatic heterocycles. The van der Waals surface area contributed by atoms with E-state index in [0.29, 0.717) is 6.42 Å². The topological polar surface area (TPSA) is 51.2 Å². The SMILES string of the molecule is CCn1cc(CC(O)c2coc(C)c2)cn1. The van der Waals surface area contributed by atoms with Crippen LogP contribution >= 0.6 is 0 Å². The molecule has 0 aromatic carbocycles. The van der Waals surface area contributed by atoms with Crippen LogP contribution in [0, 0.1) is 6.92 Å². The van der Waals surface area contributed by atoms with Gasteiger partial charge in [-0.25, -0.2) is 0 Å². The van der Waals surface area contributed by atoms with Crippen LogP contribution in [-0.4, -0.2) is 14.9 Å². The zero-order valence-electron chi connectivity index (χ0n) is 9.55. The molecule has 1 unspecified atom stereocenters. The van der Waals surface area contributed by atoms with Crippen molar-refractivity contribution in [2.75, 3.05) is 0 Å². The van der Waals surface area contributed by atoms with E-state index >= 15 is 0 Å². The van der Waals surface area contributed by atoms with E-state index in [9.17, 15) is 5.11 Å². The fourth-order valence-corrected chi connectivity index (χ4v) is 1.66. The van der Waals surface area contributed by atoms with Gasteiger partial charge >= 0.3 is 0 Å². The van der Waals surface area contributed by atoms with E-state index in [2.05, 4.69) is 5.10 Å². The Morgan fingerprint density at radius 2 is 2.38 bits per heavy atom. The van der Waals surface area contributed by atoms with Gasteiger partial charge < -0.3 is 9.52 Å². The molecule has 0 spiro atoms. The van der Waals surface area contributed by atoms with E-state index in [1.807, 2.05) is 30.8 Å². The summed E-state index contributed by atoms with van der Waals surface area (Å²) in [6.45, 7) is 4.75. The maximum atomic E-state index is 9.97. The van der Waals surface area contributed by atoms with Gasteiger partial charge in [-0.3, -0.25) is 4.68 Å². The van der Waals surface area contributed by atoms with E-state index in [1.54, 1.807) is 12.5 Å². The Bertz CT molecular complexity index is 459. The van der Waals surface area contributed by atoms with Crippen LogP contribution in [-0.2, 0) is 13.0 Å². The monoisotopic (exact) mass is 220 g/mol. The molecule has 1 atom stereocenters. The molecule has 0 saturated carbocycles. The van der Waals surface area contributed by atoms with Crippen LogP contribution in [0.3, 0.4) is 0 Å². The fourth-order valence-electron chi connectivity index (χ4n) is 1.66. The van der Waals surface area contributed by atoms with Gasteiger partial charge in [0.05, 0.1) is 18.6 Å². The van der Waals surface area contributed by atoms with Crippen molar-refractivity contribution in [1.82, 2.24) is 9.78 Å². The van der Waals surface area contributed by atoms with Crippen LogP contribution in [0.4, 0.5) is 0 Å². The Kier molecular flexibility index (Phi) is 3.10. The van der Waals surface area contributed by atoms with Gasteiger partial charge in [0, 0.05) is 24.7 Å². The molecule has 1 N–H and O–H groups in total. The number of nitrogens with zero attached hydrogens (tertiary/aromatic N) is 2. The number of rotatable bonds is 4. The minimum atomic E-state index is -0.521. The highest BCUT2D eigenvalue weighted by atomic mass is 16.3. The Hall–Kier alpha value is -1.55. The minimum absolute atomic E-state index is 0.521. The van der Waals surface area contributed by atoms with Gasteiger partial charge in [-0.15, -0.1) is 0 Å². The Morgan fingerprint density at radius 1 is 1.56 bits per heavy atom. The first kappa shape index (κ1) is 11.0. The summed E-state index contributed by atoms with van der Waals surface area (Å²) < 4.78 is 7.02. The molecule has 16 heavy (non-hydrogen) atoms. The summed E-state index contributed by atoms with van der Waals surface area (Å²) in [6.07, 6.45) is 5.39. The molecule has 0 fully saturated rings. The first-order valence-electron chi connectivity index (χ1n) is 5.43. The molecule has 4 nitrogen and oxygen atoms in total. The summed E-state index contributed by atoms with van der Waals surface area (Å²) in [6, 6.07) is 1.86. The molecule has 0 saturated heterocycles. The summed E-state index contributed by atoms with van der Waals surface area (Å²) in [5.41, 5.74) is 1.86. The third kappa shape index (κ3) is 2.33. The summed E-state index contributed by atoms with van der Waals surface area (Å²) >= 11 is 0. The van der Waals surface area contributed by atoms with Crippen molar-refractivity contribution >= 4 is 0 Å². The zero-order chi connectivity index (χ0) is 11.5. The fraction of sp³-hybridized carbons (Fsp3) is 0.417. The highest BCUT2D eigenvalue weighted by Crippen LogP contribution is 2.20. The highest BCUT2D eigenvalue weighted by molar-refractivity contribution is 5.18. The normalized spacial score (nSPS) is 12.9. The Labute approximate surface area is 94.5 Å². The molecule has 86 valence electrons. The predicted octanol–water partition coefficient (Wildman–Crippen LogP) is 2.08. The quantitative estimate of drug-likeness (QED) is 0.858. The largest absolute Gasteiger partial charge is 0.469 e. The van der Waals surface area contributed by atoms with E-state index in [1.165, 1.54) is 0 Å². The molecule has 0 amide bonds. The molecule has 4 heteroatoms. The average Bonchev–Trinajstić information content (AvgIpc) is 2.87. The smallest absolute Gasteiger partial charge is 0.101 e. The molecule has 0 radical (unpaired) electrons. The Balaban J connectivity index is 2.04. The molecule has 2 aromatic heterocycles. The molecule has 2 heterocycles. The van der Waals surface area contributed by atoms with Crippen molar-refractivity contribution < 1.29 is 9.52 Å². The predicted molar refractivity (Wildman–Crippen MR) is 60.0 cm³/mol. The maximum Gasteiger partial charge on any atom is 0.101 e. The lowest BCUT2D eigenvalue weighted by atomic mass is 10.1. The van der Waals surface area contributed by atoms with Gasteiger partial charge in [0.1, 0.15) is 5.76 Å². The van der Waals surface area contributed by atoms with Crippen molar-refractivity contribution in [2.45, 2.75) is 32.9 Å². The molecule has 0 aliphatic carbocycles. The van der Waals surface area contributed by atoms with Crippen molar-refractivity contribution in [3.8, 4) is 0 Å². The van der Waals surface area contributed by atoms with Crippen molar-refractivity contribution in [3.05, 3.63) is 41.6 Å². The second-order valence-corrected chi connectivity index (χ2v) is 3.91. The lowest BCUT2D eigenvalue weighted by molar-refractivity contribution is 0.177. The van der Waals surface area contributed by atoms with Crippen LogP contribution in [0.25, 0.3) is 0 Å². The molecule has 2 aromatic rings. The van der Waals surface area contributed by atoms with E-state index in [4.69, 9.17) is 4.42 Å². The number of hydrogen-bond acceptors (Lipinski definition) is 3. The second kappa shape index (κ2) is 4.53. The zero-order valence-corrected chi connectivity index (χ0v) is 9.55. The number of furan rings is 1. The van der Waals surface area contributed by atoms with Crippen LogP contribution in [0.1, 0.15) is 29.9 Å². The summed E-state index contributed by atoms with van der Waals surface area (Å²) in [5.74, 6) is 0.818. The molecule has 0 bridgehead atoms. The van der Waals surface area contributed by atoms with E-state index < -0.39 is 6.10 Å². The minimum Gasteiger partial charge on any atom is -0.469 e. The third-order valence-corrected chi connectivity index (χ3v) is 2.58. The molecular weight excluding hydrogens is 204 g/mol. The maximum absolute atomic E-state index is 9.97. The lowest BCUT2D eigenvalue weighted by Crippen LogP contribution is -1.99. The Morgan fingerprint density at radius 3 is 2.94 bits per heavy atom. The third-order valence-electron chi connectivity index (χ3n) is 2.58. The number of aliphatic hydroxyl groups excluding tert-OH is 1. The first-order chi connectivity index (χ1) is 7.69. The summed E-state index contributed by atoms with van der Waals surface area (Å²) in [7, 11) is 0. The van der Waals surface area contributed by atoms with Gasteiger partial charge in [-0.05, 0) is 25.5 Å². The van der Waals surface area contributed by atoms with Crippen LogP contribution in [0.15, 0.2) is 29.1 Å². The van der Waals surface area contributed by atoms with Gasteiger partial charge in [0.15, 0.2) is 0 Å². The van der Waals surface area contributed by atoms with Crippen molar-refractivity contribution in [1.29, 1.82) is 0 Å². The lowest BCUT2D eigenvalue weighted by Gasteiger charge is -2.05. The molecule has 0 aliphatic rings. The summed E-state index contributed by atoms with van der Waals surface area (Å²) in [4.78, 5) is 0. The number of aliphatic hydroxyl groups is 1. The van der Waals surface area contributed by atoms with Gasteiger partial charge in [-0.1, -0.05) is 0 Å². The van der Waals surface area contributed by atoms with Gasteiger partial charge in [-0.2, -0.15) is 5.10 Å². The highest BCUT2D eigenvalue weighted by Gasteiger charge is 2.12. The van der Waals surface area contributed by atoms with Crippen molar-refractivity contribution in [2.24, 2.45) is 0 Å². The molecular formula is C12H16N2O2. The van der Waals surface area contributed by atoms with E-state index in [0.717, 1.165) is 23.4 Å². The van der Waals surface area contributed by atoms with Crippen LogP contribution in [0.5, 0.6) is 0 Å². The number of hydrogen-bond donors (Lipinski definition) is 1. The van der Waals surface area contributed by atoms with Gasteiger partial charge in [0.2, 0.25) is 0 Å². The number of aromatic nitrogens is 2. The average molecular weight is 220 g/mol. The number of aryl methyl sites for hydroxylation is 2.